The highest BCUT2D eigenvalue weighted by Crippen LogP contribution is 2.32. The van der Waals surface area contributed by atoms with Gasteiger partial charge in [0.15, 0.2) is 11.5 Å². The van der Waals surface area contributed by atoms with Crippen molar-refractivity contribution in [3.63, 3.8) is 0 Å². The highest BCUT2D eigenvalue weighted by atomic mass is 16.5. The van der Waals surface area contributed by atoms with Gasteiger partial charge in [-0.2, -0.15) is 0 Å². The fourth-order valence-electron chi connectivity index (χ4n) is 1.22. The van der Waals surface area contributed by atoms with Gasteiger partial charge in [0.25, 0.3) is 0 Å². The monoisotopic (exact) mass is 176 g/mol. The molecule has 13 heavy (non-hydrogen) atoms. The third kappa shape index (κ3) is 1.16. The van der Waals surface area contributed by atoms with Crippen molar-refractivity contribution in [3.8, 4) is 11.5 Å². The number of phenolic OH excluding ortho intramolecular Hbond substituents is 1. The van der Waals surface area contributed by atoms with Gasteiger partial charge in [-0.05, 0) is 12.1 Å². The third-order valence-electron chi connectivity index (χ3n) is 1.81. The Morgan fingerprint density at radius 3 is 3.00 bits per heavy atom. The minimum absolute atomic E-state index is 0.0914. The second-order valence-electron chi connectivity index (χ2n) is 2.58. The number of methoxy groups -OCH3 is 1. The number of hydrogen-bond donors (Lipinski definition) is 1. The van der Waals surface area contributed by atoms with Gasteiger partial charge in [-0.25, -0.2) is 9.97 Å². The molecule has 66 valence electrons. The number of hydrogen-bond acceptors (Lipinski definition) is 4. The minimum Gasteiger partial charge on any atom is -0.504 e. The van der Waals surface area contributed by atoms with E-state index in [0.717, 1.165) is 5.39 Å². The molecule has 0 fully saturated rings. The van der Waals surface area contributed by atoms with Gasteiger partial charge in [0, 0.05) is 11.6 Å². The van der Waals surface area contributed by atoms with Gasteiger partial charge >= 0.3 is 0 Å². The zero-order valence-electron chi connectivity index (χ0n) is 7.06. The van der Waals surface area contributed by atoms with Gasteiger partial charge in [0.1, 0.15) is 11.8 Å². The van der Waals surface area contributed by atoms with Crippen molar-refractivity contribution < 1.29 is 9.84 Å². The van der Waals surface area contributed by atoms with Crippen molar-refractivity contribution in [2.24, 2.45) is 0 Å². The molecule has 1 aromatic carbocycles. The van der Waals surface area contributed by atoms with Gasteiger partial charge < -0.3 is 9.84 Å². The first-order valence-corrected chi connectivity index (χ1v) is 3.78. The van der Waals surface area contributed by atoms with Crippen LogP contribution in [0, 0.1) is 0 Å². The number of aromatic nitrogens is 2. The van der Waals surface area contributed by atoms with Crippen LogP contribution in [-0.2, 0) is 0 Å². The summed E-state index contributed by atoms with van der Waals surface area (Å²) in [5.41, 5.74) is 0.623. The zero-order valence-corrected chi connectivity index (χ0v) is 7.06. The van der Waals surface area contributed by atoms with Crippen LogP contribution in [-0.4, -0.2) is 22.2 Å². The lowest BCUT2D eigenvalue weighted by Crippen LogP contribution is -1.88. The Balaban J connectivity index is 2.84. The summed E-state index contributed by atoms with van der Waals surface area (Å²) in [7, 11) is 1.50. The van der Waals surface area contributed by atoms with Crippen molar-refractivity contribution in [2.75, 3.05) is 7.11 Å². The Bertz CT molecular complexity index is 443. The fraction of sp³-hybridized carbons (Fsp3) is 0.111. The second kappa shape index (κ2) is 2.90. The predicted octanol–water partition coefficient (Wildman–Crippen LogP) is 1.34. The first-order chi connectivity index (χ1) is 6.33. The molecule has 0 amide bonds. The van der Waals surface area contributed by atoms with E-state index in [1.807, 2.05) is 0 Å². The molecule has 2 rings (SSSR count). The molecule has 0 bridgehead atoms. The lowest BCUT2D eigenvalue weighted by Gasteiger charge is -2.05. The van der Waals surface area contributed by atoms with Crippen LogP contribution >= 0.6 is 0 Å². The normalized spacial score (nSPS) is 10.2. The molecule has 1 N–H and O–H groups in total. The van der Waals surface area contributed by atoms with E-state index < -0.39 is 0 Å². The van der Waals surface area contributed by atoms with Crippen molar-refractivity contribution in [3.05, 3.63) is 24.7 Å². The number of ether oxygens (including phenoxy) is 1. The molecule has 0 aliphatic carbocycles. The molecule has 0 aliphatic rings. The summed E-state index contributed by atoms with van der Waals surface area (Å²) < 4.78 is 5.02. The Kier molecular flexibility index (Phi) is 1.73. The topological polar surface area (TPSA) is 55.2 Å². The molecule has 4 nitrogen and oxygen atoms in total. The zero-order chi connectivity index (χ0) is 9.26. The maximum atomic E-state index is 9.42. The molecule has 1 aromatic heterocycles. The summed E-state index contributed by atoms with van der Waals surface area (Å²) in [5.74, 6) is 0.480. The summed E-state index contributed by atoms with van der Waals surface area (Å²) >= 11 is 0. The standard InChI is InChI=1S/C9H8N2O2/c1-13-9-7(12)3-2-6-4-10-5-11-8(6)9/h2-5,12H,1H3. The van der Waals surface area contributed by atoms with Crippen molar-refractivity contribution in [1.29, 1.82) is 0 Å². The molecule has 0 spiro atoms. The number of nitrogens with zero attached hydrogens (tertiary/aromatic N) is 2. The average Bonchev–Trinajstić information content (AvgIpc) is 2.18. The lowest BCUT2D eigenvalue weighted by atomic mass is 10.2. The highest BCUT2D eigenvalue weighted by molar-refractivity contribution is 5.86. The quantitative estimate of drug-likeness (QED) is 0.712. The first kappa shape index (κ1) is 7.79. The molecule has 0 saturated carbocycles. The molecule has 2 aromatic rings. The van der Waals surface area contributed by atoms with Crippen LogP contribution in [0.3, 0.4) is 0 Å². The van der Waals surface area contributed by atoms with Gasteiger partial charge in [-0.3, -0.25) is 0 Å². The largest absolute Gasteiger partial charge is 0.504 e. The van der Waals surface area contributed by atoms with E-state index in [-0.39, 0.29) is 5.75 Å². The summed E-state index contributed by atoms with van der Waals surface area (Å²) in [4.78, 5) is 7.89. The molecular weight excluding hydrogens is 168 g/mol. The SMILES string of the molecule is COc1c(O)ccc2cncnc12. The third-order valence-corrected chi connectivity index (χ3v) is 1.81. The number of phenols is 1. The van der Waals surface area contributed by atoms with E-state index in [1.165, 1.54) is 13.4 Å². The van der Waals surface area contributed by atoms with Gasteiger partial charge in [-0.15, -0.1) is 0 Å². The molecule has 0 aliphatic heterocycles. The van der Waals surface area contributed by atoms with E-state index in [9.17, 15) is 5.11 Å². The molecule has 0 saturated heterocycles. The number of rotatable bonds is 1. The Hall–Kier alpha value is -1.84. The van der Waals surface area contributed by atoms with Crippen molar-refractivity contribution in [2.45, 2.75) is 0 Å². The fourth-order valence-corrected chi connectivity index (χ4v) is 1.22. The number of fused-ring (bicyclic) bond motifs is 1. The molecule has 0 atom stereocenters. The second-order valence-corrected chi connectivity index (χ2v) is 2.58. The van der Waals surface area contributed by atoms with Crippen molar-refractivity contribution in [1.82, 2.24) is 9.97 Å². The Morgan fingerprint density at radius 1 is 1.38 bits per heavy atom. The maximum absolute atomic E-state index is 9.42. The van der Waals surface area contributed by atoms with E-state index in [0.29, 0.717) is 11.3 Å². The number of benzene rings is 1. The Labute approximate surface area is 74.8 Å². The summed E-state index contributed by atoms with van der Waals surface area (Å²) in [5, 5.41) is 10.3. The van der Waals surface area contributed by atoms with Crippen LogP contribution in [0.5, 0.6) is 11.5 Å². The highest BCUT2D eigenvalue weighted by Gasteiger charge is 2.07. The van der Waals surface area contributed by atoms with Crippen LogP contribution < -0.4 is 4.74 Å². The molecule has 4 heteroatoms. The number of aromatic hydroxyl groups is 1. The van der Waals surface area contributed by atoms with Crippen LogP contribution in [0.15, 0.2) is 24.7 Å². The molecular formula is C9H8N2O2. The van der Waals surface area contributed by atoms with Crippen LogP contribution in [0.4, 0.5) is 0 Å². The van der Waals surface area contributed by atoms with Crippen molar-refractivity contribution >= 4 is 10.9 Å². The summed E-state index contributed by atoms with van der Waals surface area (Å²) in [6, 6.07) is 3.30. The van der Waals surface area contributed by atoms with E-state index in [2.05, 4.69) is 9.97 Å². The minimum atomic E-state index is 0.0914. The predicted molar refractivity (Wildman–Crippen MR) is 47.8 cm³/mol. The summed E-state index contributed by atoms with van der Waals surface area (Å²) in [6.45, 7) is 0. The van der Waals surface area contributed by atoms with Crippen LogP contribution in [0.25, 0.3) is 10.9 Å². The Morgan fingerprint density at radius 2 is 2.23 bits per heavy atom. The lowest BCUT2D eigenvalue weighted by molar-refractivity contribution is 0.377. The average molecular weight is 176 g/mol. The molecule has 0 unspecified atom stereocenters. The molecule has 0 radical (unpaired) electrons. The van der Waals surface area contributed by atoms with Crippen LogP contribution in [0.1, 0.15) is 0 Å². The smallest absolute Gasteiger partial charge is 0.187 e. The summed E-state index contributed by atoms with van der Waals surface area (Å²) in [6.07, 6.45) is 3.09. The first-order valence-electron chi connectivity index (χ1n) is 3.78. The maximum Gasteiger partial charge on any atom is 0.187 e. The van der Waals surface area contributed by atoms with Gasteiger partial charge in [-0.1, -0.05) is 0 Å². The van der Waals surface area contributed by atoms with E-state index >= 15 is 0 Å². The molecule has 1 heterocycles. The van der Waals surface area contributed by atoms with Gasteiger partial charge in [0.2, 0.25) is 0 Å². The van der Waals surface area contributed by atoms with Crippen LogP contribution in [0.2, 0.25) is 0 Å². The van der Waals surface area contributed by atoms with Gasteiger partial charge in [0.05, 0.1) is 7.11 Å². The van der Waals surface area contributed by atoms with E-state index in [4.69, 9.17) is 4.74 Å². The van der Waals surface area contributed by atoms with E-state index in [1.54, 1.807) is 18.3 Å².